The van der Waals surface area contributed by atoms with Gasteiger partial charge in [0.25, 0.3) is 0 Å². The van der Waals surface area contributed by atoms with Crippen LogP contribution in [0.15, 0.2) is 0 Å². The quantitative estimate of drug-likeness (QED) is 0.151. The number of alkyl carbamates (subject to hydrolysis) is 1. The van der Waals surface area contributed by atoms with Gasteiger partial charge in [-0.1, -0.05) is 47.6 Å². The molecule has 1 N–H and O–H groups in total. The molecule has 0 aliphatic carbocycles. The Morgan fingerprint density at radius 3 is 2.43 bits per heavy atom. The van der Waals surface area contributed by atoms with E-state index in [2.05, 4.69) is 5.32 Å². The third-order valence-electron chi connectivity index (χ3n) is 5.30. The predicted molar refractivity (Wildman–Crippen MR) is 132 cm³/mol. The van der Waals surface area contributed by atoms with Crippen LogP contribution in [0.4, 0.5) is 4.79 Å². The predicted octanol–water partition coefficient (Wildman–Crippen LogP) is 5.52. The average Bonchev–Trinajstić information content (AvgIpc) is 3.22. The molecular formula is C21H37Cl3NO9P. The Kier molecular flexibility index (Phi) is 13.9. The van der Waals surface area contributed by atoms with Crippen molar-refractivity contribution in [3.63, 3.8) is 0 Å². The Morgan fingerprint density at radius 2 is 1.77 bits per heavy atom. The van der Waals surface area contributed by atoms with Crippen LogP contribution in [0, 0.1) is 0 Å². The monoisotopic (exact) mass is 583 g/mol. The van der Waals surface area contributed by atoms with Gasteiger partial charge < -0.3 is 24.3 Å². The summed E-state index contributed by atoms with van der Waals surface area (Å²) in [7, 11) is -3.50. The second kappa shape index (κ2) is 15.5. The molecule has 0 radical (unpaired) electrons. The van der Waals surface area contributed by atoms with Crippen molar-refractivity contribution in [1.82, 2.24) is 5.32 Å². The molecule has 0 spiro atoms. The molecule has 2 heterocycles. The molecule has 0 aromatic rings. The molecule has 35 heavy (non-hydrogen) atoms. The van der Waals surface area contributed by atoms with Crippen molar-refractivity contribution in [2.75, 3.05) is 46.2 Å². The molecule has 1 amide bonds. The minimum atomic E-state index is -3.50. The third kappa shape index (κ3) is 12.5. The number of rotatable bonds is 15. The SMILES string of the molecule is CC(C)(OC(=O)NCCCCCCOC[C@H](COP1(=O)OCCO1)OC1CCCCO1)C(Cl)(Cl)Cl. The maximum Gasteiger partial charge on any atom is 0.475 e. The number of hydrogen-bond acceptors (Lipinski definition) is 9. The van der Waals surface area contributed by atoms with Gasteiger partial charge in [-0.15, -0.1) is 0 Å². The number of ether oxygens (including phenoxy) is 4. The van der Waals surface area contributed by atoms with Gasteiger partial charge in [-0.3, -0.25) is 13.6 Å². The lowest BCUT2D eigenvalue weighted by Crippen LogP contribution is -2.44. The Morgan fingerprint density at radius 1 is 1.06 bits per heavy atom. The molecule has 1 unspecified atom stereocenters. The molecule has 0 saturated carbocycles. The second-order valence-electron chi connectivity index (χ2n) is 8.78. The van der Waals surface area contributed by atoms with Crippen molar-refractivity contribution >= 4 is 48.7 Å². The largest absolute Gasteiger partial charge is 0.475 e. The van der Waals surface area contributed by atoms with E-state index in [4.69, 9.17) is 67.3 Å². The molecule has 0 bridgehead atoms. The molecule has 10 nitrogen and oxygen atoms in total. The number of nitrogens with one attached hydrogen (secondary N) is 1. The molecule has 2 atom stereocenters. The van der Waals surface area contributed by atoms with E-state index in [9.17, 15) is 9.36 Å². The van der Waals surface area contributed by atoms with Gasteiger partial charge in [0, 0.05) is 19.8 Å². The number of alkyl halides is 3. The van der Waals surface area contributed by atoms with E-state index in [-0.39, 0.29) is 32.7 Å². The zero-order valence-electron chi connectivity index (χ0n) is 20.3. The van der Waals surface area contributed by atoms with E-state index in [1.165, 1.54) is 13.8 Å². The summed E-state index contributed by atoms with van der Waals surface area (Å²) < 4.78 is 48.5. The van der Waals surface area contributed by atoms with E-state index >= 15 is 0 Å². The molecule has 2 saturated heterocycles. The van der Waals surface area contributed by atoms with Crippen LogP contribution in [0.25, 0.3) is 0 Å². The first kappa shape index (κ1) is 31.3. The van der Waals surface area contributed by atoms with E-state index in [0.29, 0.717) is 19.8 Å². The maximum absolute atomic E-state index is 12.2. The summed E-state index contributed by atoms with van der Waals surface area (Å²) in [6, 6.07) is 0. The van der Waals surface area contributed by atoms with Crippen LogP contribution < -0.4 is 5.32 Å². The van der Waals surface area contributed by atoms with Crippen LogP contribution >= 0.6 is 42.6 Å². The summed E-state index contributed by atoms with van der Waals surface area (Å²) in [4.78, 5) is 11.8. The van der Waals surface area contributed by atoms with Gasteiger partial charge in [0.15, 0.2) is 11.9 Å². The van der Waals surface area contributed by atoms with Gasteiger partial charge in [0.1, 0.15) is 6.10 Å². The minimum absolute atomic E-state index is 0.0218. The van der Waals surface area contributed by atoms with Crippen molar-refractivity contribution in [3.8, 4) is 0 Å². The third-order valence-corrected chi connectivity index (χ3v) is 8.13. The normalized spacial score (nSPS) is 21.6. The van der Waals surface area contributed by atoms with Gasteiger partial charge in [-0.25, -0.2) is 9.36 Å². The van der Waals surface area contributed by atoms with E-state index < -0.39 is 29.4 Å². The molecule has 2 fully saturated rings. The molecule has 2 aliphatic heterocycles. The average molecular weight is 585 g/mol. The first-order valence-electron chi connectivity index (χ1n) is 11.9. The zero-order valence-corrected chi connectivity index (χ0v) is 23.5. The molecule has 0 aromatic carbocycles. The summed E-state index contributed by atoms with van der Waals surface area (Å²) >= 11 is 17.4. The van der Waals surface area contributed by atoms with Crippen LogP contribution in [0.1, 0.15) is 58.8 Å². The molecule has 0 aromatic heterocycles. The molecule has 14 heteroatoms. The van der Waals surface area contributed by atoms with Crippen LogP contribution in [0.3, 0.4) is 0 Å². The van der Waals surface area contributed by atoms with Crippen molar-refractivity contribution in [1.29, 1.82) is 0 Å². The summed E-state index contributed by atoms with van der Waals surface area (Å²) in [6.07, 6.45) is 4.85. The first-order chi connectivity index (χ1) is 16.5. The number of phosphoric acid groups is 1. The van der Waals surface area contributed by atoms with Crippen molar-refractivity contribution in [2.45, 2.75) is 80.6 Å². The number of halogens is 3. The highest BCUT2D eigenvalue weighted by Crippen LogP contribution is 2.52. The lowest BCUT2D eigenvalue weighted by atomic mass is 10.2. The van der Waals surface area contributed by atoms with Crippen molar-refractivity contribution < 1.29 is 41.9 Å². The van der Waals surface area contributed by atoms with Crippen LogP contribution in [-0.4, -0.2) is 74.1 Å². The maximum atomic E-state index is 12.2. The number of carbonyl (C=O) groups excluding carboxylic acids is 1. The fourth-order valence-corrected chi connectivity index (χ4v) is 4.44. The topological polar surface area (TPSA) is 111 Å². The lowest BCUT2D eigenvalue weighted by molar-refractivity contribution is -0.203. The molecule has 2 aliphatic rings. The van der Waals surface area contributed by atoms with Crippen LogP contribution in [0.2, 0.25) is 0 Å². The van der Waals surface area contributed by atoms with Gasteiger partial charge in [0.2, 0.25) is 3.79 Å². The summed E-state index contributed by atoms with van der Waals surface area (Å²) in [5.74, 6) is 0. The fourth-order valence-electron chi connectivity index (χ4n) is 3.16. The Hall–Kier alpha value is 0.130. The highest BCUT2D eigenvalue weighted by molar-refractivity contribution is 7.48. The second-order valence-corrected chi connectivity index (χ2v) is 12.7. The van der Waals surface area contributed by atoms with Crippen molar-refractivity contribution in [3.05, 3.63) is 0 Å². The van der Waals surface area contributed by atoms with Crippen LogP contribution in [0.5, 0.6) is 0 Å². The molecular weight excluding hydrogens is 548 g/mol. The number of phosphoric ester groups is 1. The number of amides is 1. The highest BCUT2D eigenvalue weighted by Gasteiger charge is 2.44. The number of carbonyl (C=O) groups is 1. The summed E-state index contributed by atoms with van der Waals surface area (Å²) in [6.45, 7) is 5.47. The van der Waals surface area contributed by atoms with E-state index in [1.54, 1.807) is 0 Å². The standard InChI is InChI=1S/C21H37Cl3NO9P/c1-20(2,21(22,23)24)34-19(26)25-10-6-3-4-7-11-28-15-17(33-18-9-5-8-12-29-18)16-32-35(27)30-13-14-31-35/h17-18H,3-16H2,1-2H3,(H,25,26)/t17-,18?/m1/s1. The van der Waals surface area contributed by atoms with Gasteiger partial charge in [0.05, 0.1) is 26.4 Å². The van der Waals surface area contributed by atoms with Crippen LogP contribution in [-0.2, 0) is 37.1 Å². The van der Waals surface area contributed by atoms with Gasteiger partial charge >= 0.3 is 13.9 Å². The zero-order chi connectivity index (χ0) is 25.8. The summed E-state index contributed by atoms with van der Waals surface area (Å²) in [5.41, 5.74) is -1.25. The summed E-state index contributed by atoms with van der Waals surface area (Å²) in [5, 5.41) is 2.65. The first-order valence-corrected chi connectivity index (χ1v) is 14.5. The van der Waals surface area contributed by atoms with E-state index in [1.807, 2.05) is 0 Å². The lowest BCUT2D eigenvalue weighted by Gasteiger charge is -2.31. The van der Waals surface area contributed by atoms with Gasteiger partial charge in [-0.2, -0.15) is 0 Å². The highest BCUT2D eigenvalue weighted by atomic mass is 35.6. The van der Waals surface area contributed by atoms with E-state index in [0.717, 1.165) is 44.9 Å². The smallest absolute Gasteiger partial charge is 0.439 e. The number of hydrogen-bond donors (Lipinski definition) is 1. The Balaban J connectivity index is 1.56. The van der Waals surface area contributed by atoms with Crippen molar-refractivity contribution in [2.24, 2.45) is 0 Å². The minimum Gasteiger partial charge on any atom is -0.439 e. The van der Waals surface area contributed by atoms with Gasteiger partial charge in [-0.05, 0) is 46.0 Å². The molecule has 206 valence electrons. The number of unbranched alkanes of at least 4 members (excludes halogenated alkanes) is 3. The fraction of sp³-hybridized carbons (Fsp3) is 0.952. The molecule has 2 rings (SSSR count). The Labute approximate surface area is 222 Å². The Bertz CT molecular complexity index is 665.